The molecule has 0 amide bonds. The van der Waals surface area contributed by atoms with Crippen LogP contribution in [-0.2, 0) is 8.95 Å². The Morgan fingerprint density at radius 3 is 1.93 bits per heavy atom. The molecule has 14 heavy (non-hydrogen) atoms. The molecule has 6 heteroatoms. The number of hydrogen-bond donors (Lipinski definition) is 2. The summed E-state index contributed by atoms with van der Waals surface area (Å²) in [6.07, 6.45) is 1.80. The quantitative estimate of drug-likeness (QED) is 0.463. The predicted molar refractivity (Wildman–Crippen MR) is 55.1 cm³/mol. The van der Waals surface area contributed by atoms with Crippen LogP contribution in [0.25, 0.3) is 0 Å². The Balaban J connectivity index is 3.98. The van der Waals surface area contributed by atoms with Crippen LogP contribution in [0.2, 0.25) is 0 Å². The first kappa shape index (κ1) is 14.0. The van der Waals surface area contributed by atoms with Gasteiger partial charge in [0.05, 0.1) is 0 Å². The maximum atomic E-state index is 9.35. The fourth-order valence-corrected chi connectivity index (χ4v) is 2.03. The molecule has 0 aromatic heterocycles. The van der Waals surface area contributed by atoms with Gasteiger partial charge in [-0.1, -0.05) is 13.8 Å². The monoisotopic (exact) mass is 223 g/mol. The lowest BCUT2D eigenvalue weighted by atomic mass is 10.4. The third-order valence-corrected chi connectivity index (χ3v) is 2.69. The molecular weight excluding hydrogens is 202 g/mol. The maximum absolute atomic E-state index is 9.35. The maximum Gasteiger partial charge on any atom is 0.691 e. The fraction of sp³-hybridized carbons (Fsp3) is 1.00. The molecule has 0 spiro atoms. The van der Waals surface area contributed by atoms with Crippen molar-refractivity contribution < 1.29 is 18.5 Å². The van der Waals surface area contributed by atoms with E-state index in [1.54, 1.807) is 12.0 Å². The molecule has 86 valence electrons. The number of rotatable bonds is 8. The van der Waals surface area contributed by atoms with Gasteiger partial charge in [0.25, 0.3) is 0 Å². The number of hydroxylamine groups is 2. The molecule has 0 atom stereocenters. The molecule has 0 unspecified atom stereocenters. The average molecular weight is 223 g/mol. The van der Waals surface area contributed by atoms with Crippen LogP contribution in [0.3, 0.4) is 0 Å². The fourth-order valence-electron chi connectivity index (χ4n) is 1.08. The van der Waals surface area contributed by atoms with Crippen molar-refractivity contribution in [1.82, 2.24) is 5.06 Å². The van der Waals surface area contributed by atoms with Gasteiger partial charge in [0, 0.05) is 19.7 Å². The summed E-state index contributed by atoms with van der Waals surface area (Å²) >= 11 is 0. The Hall–Kier alpha value is 0.0169. The second-order valence-electron chi connectivity index (χ2n) is 3.00. The Labute approximate surface area is 86.7 Å². The smallest absolute Gasteiger partial charge is 0.367 e. The Morgan fingerprint density at radius 1 is 1.07 bits per heavy atom. The van der Waals surface area contributed by atoms with Crippen molar-refractivity contribution in [3.05, 3.63) is 0 Å². The molecule has 0 aliphatic heterocycles. The SMILES string of the molecule is CCCN(CCC)O[Si](O)(O)OCC. The van der Waals surface area contributed by atoms with Gasteiger partial charge < -0.3 is 14.0 Å². The molecule has 0 aromatic rings. The molecule has 2 N–H and O–H groups in total. The molecule has 5 nitrogen and oxygen atoms in total. The zero-order valence-electron chi connectivity index (χ0n) is 9.19. The first-order valence-electron chi connectivity index (χ1n) is 5.08. The van der Waals surface area contributed by atoms with Crippen LogP contribution < -0.4 is 0 Å². The molecule has 0 saturated heterocycles. The van der Waals surface area contributed by atoms with Crippen molar-refractivity contribution >= 4 is 9.05 Å². The average Bonchev–Trinajstić information content (AvgIpc) is 2.03. The van der Waals surface area contributed by atoms with E-state index in [2.05, 4.69) is 0 Å². The van der Waals surface area contributed by atoms with E-state index in [9.17, 15) is 9.59 Å². The summed E-state index contributed by atoms with van der Waals surface area (Å²) in [4.78, 5) is 18.7. The van der Waals surface area contributed by atoms with Gasteiger partial charge in [-0.05, 0) is 19.8 Å². The number of hydrogen-bond acceptors (Lipinski definition) is 5. The highest BCUT2D eigenvalue weighted by molar-refractivity contribution is 6.50. The van der Waals surface area contributed by atoms with Gasteiger partial charge >= 0.3 is 9.05 Å². The second-order valence-corrected chi connectivity index (χ2v) is 4.57. The van der Waals surface area contributed by atoms with Gasteiger partial charge in [0.2, 0.25) is 0 Å². The summed E-state index contributed by atoms with van der Waals surface area (Å²) in [5, 5.41) is 1.56. The molecule has 0 aliphatic rings. The highest BCUT2D eigenvalue weighted by atomic mass is 28.4. The second kappa shape index (κ2) is 7.33. The van der Waals surface area contributed by atoms with Crippen molar-refractivity contribution in [2.45, 2.75) is 33.6 Å². The van der Waals surface area contributed by atoms with Crippen LogP contribution in [0.15, 0.2) is 0 Å². The van der Waals surface area contributed by atoms with Crippen LogP contribution in [0.1, 0.15) is 33.6 Å². The summed E-state index contributed by atoms with van der Waals surface area (Å²) in [5.41, 5.74) is 0. The Kier molecular flexibility index (Phi) is 7.34. The minimum absolute atomic E-state index is 0.241. The highest BCUT2D eigenvalue weighted by Crippen LogP contribution is 2.04. The summed E-state index contributed by atoms with van der Waals surface area (Å²) in [6, 6.07) is 0. The minimum atomic E-state index is -3.91. The lowest BCUT2D eigenvalue weighted by Crippen LogP contribution is -2.49. The van der Waals surface area contributed by atoms with E-state index in [0.717, 1.165) is 12.8 Å². The largest absolute Gasteiger partial charge is 0.691 e. The summed E-state index contributed by atoms with van der Waals surface area (Å²) in [5.74, 6) is 0. The Morgan fingerprint density at radius 2 is 1.57 bits per heavy atom. The molecule has 0 saturated carbocycles. The lowest BCUT2D eigenvalue weighted by molar-refractivity contribution is -0.145. The third kappa shape index (κ3) is 6.47. The topological polar surface area (TPSA) is 62.2 Å². The first-order chi connectivity index (χ1) is 6.55. The van der Waals surface area contributed by atoms with Crippen molar-refractivity contribution in [2.24, 2.45) is 0 Å². The van der Waals surface area contributed by atoms with Gasteiger partial charge in [-0.2, -0.15) is 5.06 Å². The van der Waals surface area contributed by atoms with Gasteiger partial charge in [-0.25, -0.2) is 0 Å². The summed E-state index contributed by atoms with van der Waals surface area (Å²) in [7, 11) is -3.91. The normalized spacial score (nSPS) is 12.4. The van der Waals surface area contributed by atoms with Crippen molar-refractivity contribution in [2.75, 3.05) is 19.7 Å². The summed E-state index contributed by atoms with van der Waals surface area (Å²) in [6.45, 7) is 7.30. The molecule has 0 heterocycles. The van der Waals surface area contributed by atoms with E-state index >= 15 is 0 Å². The molecule has 0 rings (SSSR count). The van der Waals surface area contributed by atoms with Crippen LogP contribution in [0.5, 0.6) is 0 Å². The molecule has 0 radical (unpaired) electrons. The molecule has 0 aromatic carbocycles. The van der Waals surface area contributed by atoms with Gasteiger partial charge in [0.15, 0.2) is 0 Å². The minimum Gasteiger partial charge on any atom is -0.367 e. The van der Waals surface area contributed by atoms with E-state index in [1.165, 1.54) is 0 Å². The number of nitrogens with zero attached hydrogens (tertiary/aromatic N) is 1. The van der Waals surface area contributed by atoms with Crippen LogP contribution >= 0.6 is 0 Å². The van der Waals surface area contributed by atoms with Gasteiger partial charge in [-0.3, -0.25) is 4.53 Å². The zero-order chi connectivity index (χ0) is 11.0. The molecule has 0 fully saturated rings. The standard InChI is InChI=1S/C8H21NO4Si/c1-4-7-9(8-5-2)13-14(10,11)12-6-3/h10-11H,4-8H2,1-3H3. The lowest BCUT2D eigenvalue weighted by Gasteiger charge is -2.25. The predicted octanol–water partition coefficient (Wildman–Crippen LogP) is 0.497. The summed E-state index contributed by atoms with van der Waals surface area (Å²) < 4.78 is 9.76. The van der Waals surface area contributed by atoms with E-state index in [4.69, 9.17) is 8.95 Å². The first-order valence-corrected chi connectivity index (χ1v) is 6.79. The van der Waals surface area contributed by atoms with Crippen LogP contribution in [0.4, 0.5) is 0 Å². The van der Waals surface area contributed by atoms with Crippen molar-refractivity contribution in [3.8, 4) is 0 Å². The van der Waals surface area contributed by atoms with E-state index in [0.29, 0.717) is 13.1 Å². The van der Waals surface area contributed by atoms with Gasteiger partial charge in [0.1, 0.15) is 0 Å². The van der Waals surface area contributed by atoms with E-state index < -0.39 is 9.05 Å². The van der Waals surface area contributed by atoms with Crippen LogP contribution in [-0.4, -0.2) is 43.4 Å². The molecule has 0 aliphatic carbocycles. The molecule has 0 bridgehead atoms. The van der Waals surface area contributed by atoms with Crippen molar-refractivity contribution in [1.29, 1.82) is 0 Å². The van der Waals surface area contributed by atoms with Gasteiger partial charge in [-0.15, -0.1) is 0 Å². The van der Waals surface area contributed by atoms with E-state index in [-0.39, 0.29) is 6.61 Å². The van der Waals surface area contributed by atoms with Crippen LogP contribution in [0, 0.1) is 0 Å². The van der Waals surface area contributed by atoms with E-state index in [1.807, 2.05) is 13.8 Å². The Bertz CT molecular complexity index is 139. The highest BCUT2D eigenvalue weighted by Gasteiger charge is 2.38. The van der Waals surface area contributed by atoms with Crippen molar-refractivity contribution in [3.63, 3.8) is 0 Å². The zero-order valence-corrected chi connectivity index (χ0v) is 10.2. The third-order valence-electron chi connectivity index (χ3n) is 1.53. The molecular formula is C8H21NO4Si.